The molecule has 1 aliphatic rings. The van der Waals surface area contributed by atoms with Crippen molar-refractivity contribution in [1.29, 1.82) is 0 Å². The number of fused-ring (bicyclic) bond motifs is 3. The van der Waals surface area contributed by atoms with E-state index in [1.165, 1.54) is 0 Å². The molecule has 0 bridgehead atoms. The monoisotopic (exact) mass is 275 g/mol. The molecular formula is C14H17N3O3. The maximum atomic E-state index is 12.1. The Hall–Kier alpha value is -2.11. The number of carbonyl (C=O) groups is 1. The van der Waals surface area contributed by atoms with E-state index in [2.05, 4.69) is 10.1 Å². The van der Waals surface area contributed by atoms with Crippen LogP contribution in [0.5, 0.6) is 0 Å². The summed E-state index contributed by atoms with van der Waals surface area (Å²) in [6.07, 6.45) is 4.77. The van der Waals surface area contributed by atoms with Gasteiger partial charge in [0.15, 0.2) is 5.69 Å². The van der Waals surface area contributed by atoms with E-state index in [0.717, 1.165) is 43.4 Å². The average molecular weight is 275 g/mol. The molecule has 2 heterocycles. The van der Waals surface area contributed by atoms with Crippen molar-refractivity contribution in [2.45, 2.75) is 39.0 Å². The first-order chi connectivity index (χ1) is 9.70. The summed E-state index contributed by atoms with van der Waals surface area (Å²) < 4.78 is 6.64. The van der Waals surface area contributed by atoms with Crippen LogP contribution in [0.15, 0.2) is 10.9 Å². The van der Waals surface area contributed by atoms with Crippen molar-refractivity contribution in [2.24, 2.45) is 0 Å². The van der Waals surface area contributed by atoms with Crippen molar-refractivity contribution >= 4 is 11.6 Å². The molecule has 20 heavy (non-hydrogen) atoms. The zero-order chi connectivity index (χ0) is 14.1. The highest BCUT2D eigenvalue weighted by atomic mass is 16.5. The number of aromatic amines is 1. The Morgan fingerprint density at radius 2 is 2.20 bits per heavy atom. The average Bonchev–Trinajstić information content (AvgIpc) is 2.69. The van der Waals surface area contributed by atoms with Gasteiger partial charge in [0, 0.05) is 11.6 Å². The molecule has 0 radical (unpaired) electrons. The third-order valence-corrected chi connectivity index (χ3v) is 3.65. The first-order valence-electron chi connectivity index (χ1n) is 7.01. The van der Waals surface area contributed by atoms with E-state index in [-0.39, 0.29) is 11.3 Å². The van der Waals surface area contributed by atoms with Gasteiger partial charge in [0.1, 0.15) is 5.65 Å². The first kappa shape index (κ1) is 12.9. The number of rotatable bonds is 2. The summed E-state index contributed by atoms with van der Waals surface area (Å²) in [5, 5.41) is 4.30. The van der Waals surface area contributed by atoms with Gasteiger partial charge in [-0.25, -0.2) is 9.31 Å². The van der Waals surface area contributed by atoms with E-state index in [9.17, 15) is 9.59 Å². The van der Waals surface area contributed by atoms with E-state index < -0.39 is 5.97 Å². The number of nitrogens with one attached hydrogen (secondary N) is 1. The van der Waals surface area contributed by atoms with Gasteiger partial charge in [0.05, 0.1) is 12.3 Å². The smallest absolute Gasteiger partial charge is 0.358 e. The number of aryl methyl sites for hydroxylation is 1. The van der Waals surface area contributed by atoms with Gasteiger partial charge in [-0.3, -0.25) is 4.79 Å². The van der Waals surface area contributed by atoms with E-state index in [0.29, 0.717) is 12.3 Å². The Bertz CT molecular complexity index is 714. The number of hydrogen-bond donors (Lipinski definition) is 1. The molecule has 0 atom stereocenters. The summed E-state index contributed by atoms with van der Waals surface area (Å²) in [7, 11) is 0. The molecule has 0 unspecified atom stereocenters. The number of esters is 1. The fraction of sp³-hybridized carbons (Fsp3) is 0.500. The zero-order valence-electron chi connectivity index (χ0n) is 11.4. The number of aromatic nitrogens is 3. The van der Waals surface area contributed by atoms with E-state index in [1.54, 1.807) is 17.5 Å². The first-order valence-corrected chi connectivity index (χ1v) is 7.01. The summed E-state index contributed by atoms with van der Waals surface area (Å²) >= 11 is 0. The van der Waals surface area contributed by atoms with Crippen LogP contribution < -0.4 is 5.56 Å². The highest BCUT2D eigenvalue weighted by Gasteiger charge is 2.19. The fourth-order valence-electron chi connectivity index (χ4n) is 2.72. The molecule has 1 N–H and O–H groups in total. The summed E-state index contributed by atoms with van der Waals surface area (Å²) in [4.78, 5) is 26.7. The number of H-pyrrole nitrogens is 1. The molecule has 2 aromatic rings. The van der Waals surface area contributed by atoms with Gasteiger partial charge in [-0.05, 0) is 32.6 Å². The second-order valence-electron chi connectivity index (χ2n) is 4.99. The lowest BCUT2D eigenvalue weighted by Gasteiger charge is -2.06. The van der Waals surface area contributed by atoms with E-state index in [1.807, 2.05) is 0 Å². The topological polar surface area (TPSA) is 76.5 Å². The lowest BCUT2D eigenvalue weighted by atomic mass is 10.1. The third kappa shape index (κ3) is 2.11. The third-order valence-electron chi connectivity index (χ3n) is 3.65. The Balaban J connectivity index is 2.16. The summed E-state index contributed by atoms with van der Waals surface area (Å²) in [5.41, 5.74) is 2.45. The van der Waals surface area contributed by atoms with Gasteiger partial charge in [0.2, 0.25) is 0 Å². The summed E-state index contributed by atoms with van der Waals surface area (Å²) in [6.45, 7) is 2.06. The van der Waals surface area contributed by atoms with Crippen LogP contribution in [-0.2, 0) is 17.6 Å². The normalized spacial score (nSPS) is 14.8. The van der Waals surface area contributed by atoms with Crippen molar-refractivity contribution in [2.75, 3.05) is 6.61 Å². The molecule has 3 rings (SSSR count). The Morgan fingerprint density at radius 3 is 3.00 bits per heavy atom. The largest absolute Gasteiger partial charge is 0.461 e. The predicted octanol–water partition coefficient (Wildman–Crippen LogP) is 1.47. The lowest BCUT2D eigenvalue weighted by Crippen LogP contribution is -2.19. The van der Waals surface area contributed by atoms with Crippen LogP contribution in [0.4, 0.5) is 0 Å². The zero-order valence-corrected chi connectivity index (χ0v) is 11.4. The highest BCUT2D eigenvalue weighted by Crippen LogP contribution is 2.18. The van der Waals surface area contributed by atoms with Gasteiger partial charge < -0.3 is 9.72 Å². The second-order valence-corrected chi connectivity index (χ2v) is 4.99. The Morgan fingerprint density at radius 1 is 1.40 bits per heavy atom. The van der Waals surface area contributed by atoms with Gasteiger partial charge in [-0.2, -0.15) is 5.10 Å². The molecule has 0 saturated carbocycles. The Labute approximate surface area is 115 Å². The SMILES string of the molecule is CCOC(=O)c1cc2[nH]c(=O)c3c(n2n1)CCCCC3. The van der Waals surface area contributed by atoms with Crippen LogP contribution in [0.2, 0.25) is 0 Å². The van der Waals surface area contributed by atoms with Crippen LogP contribution in [-0.4, -0.2) is 27.2 Å². The molecule has 106 valence electrons. The molecule has 0 spiro atoms. The number of carbonyl (C=O) groups excluding carboxylic acids is 1. The van der Waals surface area contributed by atoms with E-state index in [4.69, 9.17) is 4.74 Å². The quantitative estimate of drug-likeness (QED) is 0.665. The maximum absolute atomic E-state index is 12.1. The number of hydrogen-bond acceptors (Lipinski definition) is 4. The molecule has 6 heteroatoms. The molecular weight excluding hydrogens is 258 g/mol. The van der Waals surface area contributed by atoms with Gasteiger partial charge in [-0.15, -0.1) is 0 Å². The molecule has 2 aromatic heterocycles. The molecule has 0 aromatic carbocycles. The van der Waals surface area contributed by atoms with Gasteiger partial charge in [-0.1, -0.05) is 6.42 Å². The lowest BCUT2D eigenvalue weighted by molar-refractivity contribution is 0.0519. The van der Waals surface area contributed by atoms with E-state index >= 15 is 0 Å². The van der Waals surface area contributed by atoms with Crippen LogP contribution in [0.25, 0.3) is 5.65 Å². The number of nitrogens with zero attached hydrogens (tertiary/aromatic N) is 2. The highest BCUT2D eigenvalue weighted by molar-refractivity contribution is 5.88. The molecule has 0 amide bonds. The maximum Gasteiger partial charge on any atom is 0.358 e. The van der Waals surface area contributed by atoms with Crippen LogP contribution in [0.3, 0.4) is 0 Å². The van der Waals surface area contributed by atoms with Crippen molar-refractivity contribution in [3.8, 4) is 0 Å². The molecule has 0 saturated heterocycles. The molecule has 1 aliphatic carbocycles. The summed E-state index contributed by atoms with van der Waals surface area (Å²) in [6, 6.07) is 1.57. The second kappa shape index (κ2) is 5.11. The predicted molar refractivity (Wildman–Crippen MR) is 73.0 cm³/mol. The van der Waals surface area contributed by atoms with Crippen LogP contribution in [0.1, 0.15) is 47.9 Å². The minimum absolute atomic E-state index is 0.0651. The van der Waals surface area contributed by atoms with Crippen molar-refractivity contribution < 1.29 is 9.53 Å². The minimum Gasteiger partial charge on any atom is -0.461 e. The fourth-order valence-corrected chi connectivity index (χ4v) is 2.72. The molecule has 0 aliphatic heterocycles. The van der Waals surface area contributed by atoms with Crippen molar-refractivity contribution in [3.63, 3.8) is 0 Å². The van der Waals surface area contributed by atoms with Crippen molar-refractivity contribution in [3.05, 3.63) is 33.4 Å². The van der Waals surface area contributed by atoms with Gasteiger partial charge in [0.25, 0.3) is 5.56 Å². The van der Waals surface area contributed by atoms with Crippen LogP contribution in [0, 0.1) is 0 Å². The molecule has 6 nitrogen and oxygen atoms in total. The summed E-state index contributed by atoms with van der Waals surface area (Å²) in [5.74, 6) is -0.459. The van der Waals surface area contributed by atoms with Crippen molar-refractivity contribution in [1.82, 2.24) is 14.6 Å². The Kier molecular flexibility index (Phi) is 3.30. The molecule has 0 fully saturated rings. The number of ether oxygens (including phenoxy) is 1. The minimum atomic E-state index is -0.459. The van der Waals surface area contributed by atoms with Crippen LogP contribution >= 0.6 is 0 Å². The standard InChI is InChI=1S/C14H17N3O3/c1-2-20-14(19)10-8-12-15-13(18)9-6-4-3-5-7-11(9)17(12)16-10/h8H,2-7H2,1H3,(H,15,18). The van der Waals surface area contributed by atoms with Gasteiger partial charge >= 0.3 is 5.97 Å².